The molecule has 2 aromatic rings. The van der Waals surface area contributed by atoms with Crippen LogP contribution >= 0.6 is 0 Å². The lowest BCUT2D eigenvalue weighted by Crippen LogP contribution is -2.30. The van der Waals surface area contributed by atoms with Crippen molar-refractivity contribution in [2.75, 3.05) is 11.9 Å². The van der Waals surface area contributed by atoms with Crippen molar-refractivity contribution in [3.8, 4) is 5.75 Å². The number of aryl methyl sites for hydroxylation is 2. The van der Waals surface area contributed by atoms with Crippen LogP contribution in [0.2, 0.25) is 0 Å². The molecule has 0 fully saturated rings. The number of rotatable bonds is 8. The van der Waals surface area contributed by atoms with E-state index >= 15 is 0 Å². The zero-order valence-electron chi connectivity index (χ0n) is 15.5. The van der Waals surface area contributed by atoms with Crippen LogP contribution in [0.1, 0.15) is 31.4 Å². The third-order valence-corrected chi connectivity index (χ3v) is 3.87. The molecule has 0 bridgehead atoms. The van der Waals surface area contributed by atoms with Crippen molar-refractivity contribution in [1.29, 1.82) is 0 Å². The molecule has 5 nitrogen and oxygen atoms in total. The zero-order valence-corrected chi connectivity index (χ0v) is 15.5. The molecule has 1 N–H and O–H groups in total. The molecule has 1 amide bonds. The predicted octanol–water partition coefficient (Wildman–Crippen LogP) is 3.90. The Morgan fingerprint density at radius 3 is 2.50 bits per heavy atom. The lowest BCUT2D eigenvalue weighted by molar-refractivity contribution is -0.153. The summed E-state index contributed by atoms with van der Waals surface area (Å²) in [5.74, 6) is -0.122. The van der Waals surface area contributed by atoms with Crippen molar-refractivity contribution in [2.45, 2.75) is 39.7 Å². The van der Waals surface area contributed by atoms with Crippen LogP contribution in [-0.2, 0) is 20.7 Å². The first-order valence-corrected chi connectivity index (χ1v) is 8.76. The Balaban J connectivity index is 1.73. The Morgan fingerprint density at radius 2 is 1.85 bits per heavy atom. The van der Waals surface area contributed by atoms with E-state index in [1.807, 2.05) is 55.5 Å². The van der Waals surface area contributed by atoms with E-state index < -0.39 is 12.1 Å². The van der Waals surface area contributed by atoms with Gasteiger partial charge in [-0.1, -0.05) is 31.2 Å². The van der Waals surface area contributed by atoms with Gasteiger partial charge in [-0.15, -0.1) is 0 Å². The van der Waals surface area contributed by atoms with Crippen LogP contribution < -0.4 is 10.1 Å². The van der Waals surface area contributed by atoms with E-state index in [1.165, 1.54) is 5.56 Å². The second-order valence-electron chi connectivity index (χ2n) is 6.09. The number of hydrogen-bond acceptors (Lipinski definition) is 4. The molecule has 5 heteroatoms. The number of hydrogen-bond donors (Lipinski definition) is 1. The average Bonchev–Trinajstić information content (AvgIpc) is 2.62. The molecule has 2 aromatic carbocycles. The van der Waals surface area contributed by atoms with Gasteiger partial charge in [-0.3, -0.25) is 9.59 Å². The second kappa shape index (κ2) is 9.61. The minimum Gasteiger partial charge on any atom is -0.493 e. The van der Waals surface area contributed by atoms with Crippen LogP contribution in [0, 0.1) is 6.92 Å². The summed E-state index contributed by atoms with van der Waals surface area (Å²) in [5, 5.41) is 2.74. The summed E-state index contributed by atoms with van der Waals surface area (Å²) in [4.78, 5) is 24.0. The SMILES string of the molecule is CCc1ccc(NC(=O)[C@@H](C)OC(=O)CCOc2cccc(C)c2)cc1. The smallest absolute Gasteiger partial charge is 0.310 e. The zero-order chi connectivity index (χ0) is 18.9. The Bertz CT molecular complexity index is 740. The van der Waals surface area contributed by atoms with Crippen LogP contribution in [-0.4, -0.2) is 24.6 Å². The first-order chi connectivity index (χ1) is 12.5. The van der Waals surface area contributed by atoms with Gasteiger partial charge in [0.1, 0.15) is 5.75 Å². The van der Waals surface area contributed by atoms with Gasteiger partial charge in [0.2, 0.25) is 0 Å². The molecule has 0 aromatic heterocycles. The van der Waals surface area contributed by atoms with Crippen LogP contribution in [0.25, 0.3) is 0 Å². The summed E-state index contributed by atoms with van der Waals surface area (Å²) < 4.78 is 10.7. The number of esters is 1. The van der Waals surface area contributed by atoms with Gasteiger partial charge >= 0.3 is 5.97 Å². The van der Waals surface area contributed by atoms with E-state index in [4.69, 9.17) is 9.47 Å². The molecule has 0 saturated heterocycles. The van der Waals surface area contributed by atoms with E-state index in [9.17, 15) is 9.59 Å². The van der Waals surface area contributed by atoms with E-state index in [2.05, 4.69) is 12.2 Å². The molecule has 0 radical (unpaired) electrons. The van der Waals surface area contributed by atoms with Gasteiger partial charge in [0, 0.05) is 5.69 Å². The van der Waals surface area contributed by atoms with Gasteiger partial charge in [-0.2, -0.15) is 0 Å². The Morgan fingerprint density at radius 1 is 1.12 bits per heavy atom. The van der Waals surface area contributed by atoms with Crippen molar-refractivity contribution in [3.05, 3.63) is 59.7 Å². The second-order valence-corrected chi connectivity index (χ2v) is 6.09. The molecule has 0 saturated carbocycles. The van der Waals surface area contributed by atoms with E-state index in [0.29, 0.717) is 11.4 Å². The average molecular weight is 355 g/mol. The van der Waals surface area contributed by atoms with E-state index in [-0.39, 0.29) is 18.9 Å². The summed E-state index contributed by atoms with van der Waals surface area (Å²) >= 11 is 0. The summed E-state index contributed by atoms with van der Waals surface area (Å²) in [7, 11) is 0. The fourth-order valence-electron chi connectivity index (χ4n) is 2.33. The third kappa shape index (κ3) is 6.24. The van der Waals surface area contributed by atoms with Crippen molar-refractivity contribution in [2.24, 2.45) is 0 Å². The van der Waals surface area contributed by atoms with E-state index in [0.717, 1.165) is 12.0 Å². The van der Waals surface area contributed by atoms with Crippen LogP contribution in [0.15, 0.2) is 48.5 Å². The molecule has 0 aliphatic heterocycles. The first kappa shape index (κ1) is 19.5. The van der Waals surface area contributed by atoms with Crippen LogP contribution in [0.4, 0.5) is 5.69 Å². The number of amides is 1. The van der Waals surface area contributed by atoms with Gasteiger partial charge in [0.05, 0.1) is 13.0 Å². The molecule has 0 aliphatic carbocycles. The van der Waals surface area contributed by atoms with Crippen LogP contribution in [0.3, 0.4) is 0 Å². The van der Waals surface area contributed by atoms with Crippen molar-refractivity contribution < 1.29 is 19.1 Å². The maximum Gasteiger partial charge on any atom is 0.310 e. The molecule has 0 heterocycles. The standard InChI is InChI=1S/C21H25NO4/c1-4-17-8-10-18(11-9-17)22-21(24)16(3)26-20(23)12-13-25-19-7-5-6-15(2)14-19/h5-11,14,16H,4,12-13H2,1-3H3,(H,22,24)/t16-/m1/s1. The van der Waals surface area contributed by atoms with Gasteiger partial charge in [0.15, 0.2) is 6.10 Å². The quantitative estimate of drug-likeness (QED) is 0.730. The number of nitrogens with one attached hydrogen (secondary N) is 1. The Kier molecular flexibility index (Phi) is 7.21. The van der Waals surface area contributed by atoms with Gasteiger partial charge in [0.25, 0.3) is 5.91 Å². The summed E-state index contributed by atoms with van der Waals surface area (Å²) in [6.45, 7) is 5.79. The largest absolute Gasteiger partial charge is 0.493 e. The number of benzene rings is 2. The topological polar surface area (TPSA) is 64.6 Å². The summed E-state index contributed by atoms with van der Waals surface area (Å²) in [6, 6.07) is 15.2. The molecule has 26 heavy (non-hydrogen) atoms. The molecule has 2 rings (SSSR count). The molecule has 0 spiro atoms. The maximum atomic E-state index is 12.1. The van der Waals surface area contributed by atoms with Crippen LogP contribution in [0.5, 0.6) is 5.75 Å². The molecule has 138 valence electrons. The normalized spacial score (nSPS) is 11.5. The predicted molar refractivity (Wildman–Crippen MR) is 101 cm³/mol. The monoisotopic (exact) mass is 355 g/mol. The highest BCUT2D eigenvalue weighted by atomic mass is 16.5. The lowest BCUT2D eigenvalue weighted by atomic mass is 10.1. The third-order valence-electron chi connectivity index (χ3n) is 3.87. The fourth-order valence-corrected chi connectivity index (χ4v) is 2.33. The summed E-state index contributed by atoms with van der Waals surface area (Å²) in [6.07, 6.45) is 0.149. The molecule has 1 atom stereocenters. The number of anilines is 1. The maximum absolute atomic E-state index is 12.1. The highest BCUT2D eigenvalue weighted by Crippen LogP contribution is 2.13. The minimum absolute atomic E-state index is 0.0801. The van der Waals surface area contributed by atoms with Crippen molar-refractivity contribution >= 4 is 17.6 Å². The van der Waals surface area contributed by atoms with Gasteiger partial charge < -0.3 is 14.8 Å². The summed E-state index contributed by atoms with van der Waals surface area (Å²) in [5.41, 5.74) is 2.95. The van der Waals surface area contributed by atoms with Gasteiger partial charge in [-0.25, -0.2) is 0 Å². The lowest BCUT2D eigenvalue weighted by Gasteiger charge is -2.14. The van der Waals surface area contributed by atoms with Crippen molar-refractivity contribution in [3.63, 3.8) is 0 Å². The van der Waals surface area contributed by atoms with Crippen molar-refractivity contribution in [1.82, 2.24) is 0 Å². The fraction of sp³-hybridized carbons (Fsp3) is 0.333. The molecular weight excluding hydrogens is 330 g/mol. The number of ether oxygens (including phenoxy) is 2. The first-order valence-electron chi connectivity index (χ1n) is 8.76. The highest BCUT2D eigenvalue weighted by molar-refractivity contribution is 5.95. The Labute approximate surface area is 154 Å². The number of carbonyl (C=O) groups excluding carboxylic acids is 2. The molecule has 0 unspecified atom stereocenters. The molecule has 0 aliphatic rings. The molecular formula is C21H25NO4. The Hall–Kier alpha value is -2.82. The minimum atomic E-state index is -0.868. The number of carbonyl (C=O) groups is 2. The van der Waals surface area contributed by atoms with E-state index in [1.54, 1.807) is 6.92 Å². The highest BCUT2D eigenvalue weighted by Gasteiger charge is 2.18. The van der Waals surface area contributed by atoms with Gasteiger partial charge in [-0.05, 0) is 55.7 Å².